The average Bonchev–Trinajstić information content (AvgIpc) is 2.75. The number of hydrogen-bond acceptors (Lipinski definition) is 6. The lowest BCUT2D eigenvalue weighted by atomic mass is 10.1. The summed E-state index contributed by atoms with van der Waals surface area (Å²) in [5.74, 6) is 0.189. The zero-order valence-electron chi connectivity index (χ0n) is 18.2. The minimum atomic E-state index is -0.493. The SMILES string of the molecule is COC1=CN(CCN(C)C)C(=O)C(CCCN2CCN(c3ccc(F)cc3)CC2)O1. The summed E-state index contributed by atoms with van der Waals surface area (Å²) in [6, 6.07) is 6.68. The Morgan fingerprint density at radius 3 is 2.47 bits per heavy atom. The van der Waals surface area contributed by atoms with Crippen LogP contribution in [0, 0.1) is 5.82 Å². The predicted molar refractivity (Wildman–Crippen MR) is 115 cm³/mol. The Bertz CT molecular complexity index is 718. The highest BCUT2D eigenvalue weighted by Crippen LogP contribution is 2.20. The molecule has 8 heteroatoms. The van der Waals surface area contributed by atoms with Crippen LogP contribution in [0.4, 0.5) is 10.1 Å². The van der Waals surface area contributed by atoms with E-state index in [4.69, 9.17) is 9.47 Å². The molecule has 0 aliphatic carbocycles. The van der Waals surface area contributed by atoms with Crippen LogP contribution in [0.3, 0.4) is 0 Å². The second kappa shape index (κ2) is 10.6. The molecule has 0 spiro atoms. The Labute approximate surface area is 178 Å². The highest BCUT2D eigenvalue weighted by Gasteiger charge is 2.31. The quantitative estimate of drug-likeness (QED) is 0.609. The Morgan fingerprint density at radius 1 is 1.13 bits per heavy atom. The number of amides is 1. The lowest BCUT2D eigenvalue weighted by molar-refractivity contribution is -0.147. The first kappa shape index (κ1) is 22.4. The number of benzene rings is 1. The topological polar surface area (TPSA) is 48.5 Å². The van der Waals surface area contributed by atoms with Gasteiger partial charge in [0, 0.05) is 45.0 Å². The highest BCUT2D eigenvalue weighted by molar-refractivity contribution is 5.82. The maximum absolute atomic E-state index is 13.1. The largest absolute Gasteiger partial charge is 0.468 e. The second-order valence-electron chi connectivity index (χ2n) is 8.04. The van der Waals surface area contributed by atoms with Gasteiger partial charge in [-0.1, -0.05) is 0 Å². The van der Waals surface area contributed by atoms with E-state index < -0.39 is 6.10 Å². The second-order valence-corrected chi connectivity index (χ2v) is 8.04. The van der Waals surface area contributed by atoms with E-state index in [9.17, 15) is 9.18 Å². The molecule has 0 bridgehead atoms. The Hall–Kier alpha value is -2.32. The van der Waals surface area contributed by atoms with E-state index in [0.717, 1.165) is 51.4 Å². The first-order chi connectivity index (χ1) is 14.5. The molecule has 1 fully saturated rings. The molecule has 0 radical (unpaired) electrons. The van der Waals surface area contributed by atoms with Gasteiger partial charge in [-0.2, -0.15) is 0 Å². The number of halogens is 1. The van der Waals surface area contributed by atoms with Crippen LogP contribution in [0.1, 0.15) is 12.8 Å². The summed E-state index contributed by atoms with van der Waals surface area (Å²) < 4.78 is 24.1. The van der Waals surface area contributed by atoms with Gasteiger partial charge in [-0.15, -0.1) is 0 Å². The van der Waals surface area contributed by atoms with Crippen LogP contribution in [0.25, 0.3) is 0 Å². The van der Waals surface area contributed by atoms with E-state index in [2.05, 4.69) is 9.80 Å². The molecule has 2 aliphatic rings. The van der Waals surface area contributed by atoms with Crippen molar-refractivity contribution in [2.24, 2.45) is 0 Å². The van der Waals surface area contributed by atoms with Gasteiger partial charge in [0.15, 0.2) is 6.10 Å². The van der Waals surface area contributed by atoms with Crippen LogP contribution in [-0.4, -0.2) is 93.7 Å². The summed E-state index contributed by atoms with van der Waals surface area (Å²) in [6.07, 6.45) is 2.70. The molecule has 1 saturated heterocycles. The molecular weight excluding hydrogens is 387 g/mol. The van der Waals surface area contributed by atoms with Crippen molar-refractivity contribution in [1.82, 2.24) is 14.7 Å². The molecule has 2 heterocycles. The third-order valence-corrected chi connectivity index (χ3v) is 5.57. The minimum absolute atomic E-state index is 0.00113. The first-order valence-electron chi connectivity index (χ1n) is 10.6. The summed E-state index contributed by atoms with van der Waals surface area (Å²) >= 11 is 0. The van der Waals surface area contributed by atoms with Crippen molar-refractivity contribution in [3.05, 3.63) is 42.2 Å². The van der Waals surface area contributed by atoms with Gasteiger partial charge >= 0.3 is 0 Å². The molecule has 166 valence electrons. The van der Waals surface area contributed by atoms with Crippen molar-refractivity contribution in [2.45, 2.75) is 18.9 Å². The van der Waals surface area contributed by atoms with Gasteiger partial charge in [0.05, 0.1) is 13.3 Å². The van der Waals surface area contributed by atoms with Gasteiger partial charge in [0.1, 0.15) is 5.82 Å². The number of hydrogen-bond donors (Lipinski definition) is 0. The van der Waals surface area contributed by atoms with Crippen LogP contribution in [-0.2, 0) is 14.3 Å². The van der Waals surface area contributed by atoms with Crippen molar-refractivity contribution in [3.8, 4) is 0 Å². The summed E-state index contributed by atoms with van der Waals surface area (Å²) in [5.41, 5.74) is 1.06. The van der Waals surface area contributed by atoms with Crippen molar-refractivity contribution < 1.29 is 18.7 Å². The Balaban J connectivity index is 1.43. The monoisotopic (exact) mass is 420 g/mol. The smallest absolute Gasteiger partial charge is 0.296 e. The molecule has 0 saturated carbocycles. The van der Waals surface area contributed by atoms with E-state index in [1.165, 1.54) is 12.1 Å². The van der Waals surface area contributed by atoms with Gasteiger partial charge < -0.3 is 24.2 Å². The van der Waals surface area contributed by atoms with Crippen LogP contribution >= 0.6 is 0 Å². The first-order valence-corrected chi connectivity index (χ1v) is 10.6. The number of anilines is 1. The van der Waals surface area contributed by atoms with Crippen LogP contribution < -0.4 is 4.90 Å². The van der Waals surface area contributed by atoms with Gasteiger partial charge in [0.25, 0.3) is 11.9 Å². The Morgan fingerprint density at radius 2 is 1.83 bits per heavy atom. The highest BCUT2D eigenvalue weighted by atomic mass is 19.1. The fourth-order valence-corrected chi connectivity index (χ4v) is 3.74. The van der Waals surface area contributed by atoms with Crippen molar-refractivity contribution in [2.75, 3.05) is 71.9 Å². The van der Waals surface area contributed by atoms with Crippen LogP contribution in [0.2, 0.25) is 0 Å². The maximum atomic E-state index is 13.1. The zero-order valence-corrected chi connectivity index (χ0v) is 18.2. The van der Waals surface area contributed by atoms with E-state index >= 15 is 0 Å². The summed E-state index contributed by atoms with van der Waals surface area (Å²) in [7, 11) is 5.53. The van der Waals surface area contributed by atoms with Crippen LogP contribution in [0.5, 0.6) is 0 Å². The third-order valence-electron chi connectivity index (χ3n) is 5.57. The number of carbonyl (C=O) groups is 1. The lowest BCUT2D eigenvalue weighted by Crippen LogP contribution is -2.47. The summed E-state index contributed by atoms with van der Waals surface area (Å²) in [4.78, 5) is 21.2. The van der Waals surface area contributed by atoms with Gasteiger partial charge in [-0.25, -0.2) is 4.39 Å². The summed E-state index contributed by atoms with van der Waals surface area (Å²) in [6.45, 7) is 6.06. The van der Waals surface area contributed by atoms with Gasteiger partial charge in [-0.3, -0.25) is 9.69 Å². The molecule has 30 heavy (non-hydrogen) atoms. The van der Waals surface area contributed by atoms with Gasteiger partial charge in [0.2, 0.25) is 0 Å². The molecule has 1 aromatic carbocycles. The average molecular weight is 421 g/mol. The maximum Gasteiger partial charge on any atom is 0.296 e. The van der Waals surface area contributed by atoms with Crippen molar-refractivity contribution >= 4 is 11.6 Å². The molecule has 1 amide bonds. The molecule has 1 unspecified atom stereocenters. The Kier molecular flexibility index (Phi) is 7.93. The molecule has 1 atom stereocenters. The number of nitrogens with zero attached hydrogens (tertiary/aromatic N) is 4. The summed E-state index contributed by atoms with van der Waals surface area (Å²) in [5, 5.41) is 0. The zero-order chi connectivity index (χ0) is 21.5. The van der Waals surface area contributed by atoms with E-state index in [1.807, 2.05) is 31.1 Å². The molecule has 0 aromatic heterocycles. The number of methoxy groups -OCH3 is 1. The van der Waals surface area contributed by atoms with Crippen molar-refractivity contribution in [1.29, 1.82) is 0 Å². The standard InChI is InChI=1S/C22H33FN4O3/c1-24(2)11-14-27-17-21(29-3)30-20(22(27)28)5-4-10-25-12-15-26(16-13-25)19-8-6-18(23)7-9-19/h6-9,17,20H,4-5,10-16H2,1-3H3. The molecule has 7 nitrogen and oxygen atoms in total. The molecule has 0 N–H and O–H groups in total. The van der Waals surface area contributed by atoms with E-state index in [1.54, 1.807) is 18.2 Å². The third kappa shape index (κ3) is 6.09. The molecule has 2 aliphatic heterocycles. The number of likely N-dealkylation sites (N-methyl/N-ethyl adjacent to an activating group) is 1. The van der Waals surface area contributed by atoms with Gasteiger partial charge in [-0.05, 0) is 57.7 Å². The number of ether oxygens (including phenoxy) is 2. The lowest BCUT2D eigenvalue weighted by Gasteiger charge is -2.36. The molecule has 3 rings (SSSR count). The molecular formula is C22H33FN4O3. The minimum Gasteiger partial charge on any atom is -0.468 e. The van der Waals surface area contributed by atoms with Crippen LogP contribution in [0.15, 0.2) is 36.4 Å². The predicted octanol–water partition coefficient (Wildman–Crippen LogP) is 1.96. The number of rotatable bonds is 9. The van der Waals surface area contributed by atoms with E-state index in [0.29, 0.717) is 18.9 Å². The number of piperazine rings is 1. The normalized spacial score (nSPS) is 20.4. The van der Waals surface area contributed by atoms with E-state index in [-0.39, 0.29) is 11.7 Å². The fraction of sp³-hybridized carbons (Fsp3) is 0.591. The molecule has 1 aromatic rings. The fourth-order valence-electron chi connectivity index (χ4n) is 3.74. The van der Waals surface area contributed by atoms with Crippen molar-refractivity contribution in [3.63, 3.8) is 0 Å². The number of carbonyl (C=O) groups excluding carboxylic acids is 1.